The maximum atomic E-state index is 5.89. The largest absolute Gasteiger partial charge is 0.494 e. The molecule has 0 radical (unpaired) electrons. The maximum absolute atomic E-state index is 5.89. The summed E-state index contributed by atoms with van der Waals surface area (Å²) in [5.74, 6) is 0.976. The molecule has 24 heavy (non-hydrogen) atoms. The molecule has 0 bridgehead atoms. The predicted molar refractivity (Wildman–Crippen MR) is 108 cm³/mol. The monoisotopic (exact) mass is 391 g/mol. The first-order valence-corrected chi connectivity index (χ1v) is 10.00. The molecule has 2 nitrogen and oxygen atoms in total. The van der Waals surface area contributed by atoms with Crippen molar-refractivity contribution in [1.82, 2.24) is 5.32 Å². The summed E-state index contributed by atoms with van der Waals surface area (Å²) in [5, 5.41) is 5.93. The molecule has 2 aromatic rings. The second-order valence-corrected chi connectivity index (χ2v) is 7.65. The van der Waals surface area contributed by atoms with Crippen molar-refractivity contribution in [2.45, 2.75) is 58.4 Å². The van der Waals surface area contributed by atoms with E-state index < -0.39 is 0 Å². The quantitative estimate of drug-likeness (QED) is 0.452. The van der Waals surface area contributed by atoms with Gasteiger partial charge in [-0.15, -0.1) is 0 Å². The number of unbranched alkanes of at least 4 members (excludes halogenated alkanes) is 5. The smallest absolute Gasteiger partial charge is 0.119 e. The third kappa shape index (κ3) is 7.23. The summed E-state index contributed by atoms with van der Waals surface area (Å²) in [7, 11) is 0. The van der Waals surface area contributed by atoms with Crippen molar-refractivity contribution in [2.75, 3.05) is 13.2 Å². The number of benzene rings is 2. The van der Waals surface area contributed by atoms with Crippen LogP contribution in [0.2, 0.25) is 0 Å². The molecule has 0 atom stereocenters. The van der Waals surface area contributed by atoms with Crippen LogP contribution in [0, 0.1) is 0 Å². The molecule has 0 aliphatic rings. The summed E-state index contributed by atoms with van der Waals surface area (Å²) in [5.41, 5.74) is 0. The first-order valence-electron chi connectivity index (χ1n) is 9.20. The summed E-state index contributed by atoms with van der Waals surface area (Å²) in [4.78, 5) is 0. The van der Waals surface area contributed by atoms with Crippen LogP contribution in [-0.4, -0.2) is 19.2 Å². The number of halogens is 1. The number of fused-ring (bicyclic) bond motifs is 1. The fraction of sp³-hybridized carbons (Fsp3) is 0.524. The Bertz CT molecular complexity index is 612. The Labute approximate surface area is 155 Å². The second kappa shape index (κ2) is 10.7. The summed E-state index contributed by atoms with van der Waals surface area (Å²) in [6, 6.07) is 13.3. The Morgan fingerprint density at radius 1 is 0.875 bits per heavy atom. The van der Waals surface area contributed by atoms with Gasteiger partial charge in [0.05, 0.1) is 6.61 Å². The van der Waals surface area contributed by atoms with Crippen LogP contribution in [-0.2, 0) is 0 Å². The number of hydrogen-bond donors (Lipinski definition) is 1. The topological polar surface area (TPSA) is 21.3 Å². The lowest BCUT2D eigenvalue weighted by Gasteiger charge is -2.08. The van der Waals surface area contributed by atoms with Crippen molar-refractivity contribution in [3.63, 3.8) is 0 Å². The van der Waals surface area contributed by atoms with Gasteiger partial charge in [0, 0.05) is 10.5 Å². The van der Waals surface area contributed by atoms with E-state index in [2.05, 4.69) is 71.5 Å². The highest BCUT2D eigenvalue weighted by Crippen LogP contribution is 2.24. The molecule has 0 saturated carbocycles. The third-order valence-corrected chi connectivity index (χ3v) is 4.66. The average Bonchev–Trinajstić information content (AvgIpc) is 2.56. The van der Waals surface area contributed by atoms with E-state index in [-0.39, 0.29) is 0 Å². The molecule has 3 heteroatoms. The highest BCUT2D eigenvalue weighted by atomic mass is 79.9. The van der Waals surface area contributed by atoms with Gasteiger partial charge < -0.3 is 10.1 Å². The Balaban J connectivity index is 1.55. The van der Waals surface area contributed by atoms with E-state index in [1.807, 2.05) is 0 Å². The lowest BCUT2D eigenvalue weighted by Crippen LogP contribution is -2.23. The Morgan fingerprint density at radius 2 is 1.54 bits per heavy atom. The van der Waals surface area contributed by atoms with Gasteiger partial charge in [-0.1, -0.05) is 67.6 Å². The molecule has 1 N–H and O–H groups in total. The second-order valence-electron chi connectivity index (χ2n) is 6.73. The van der Waals surface area contributed by atoms with Gasteiger partial charge >= 0.3 is 0 Å². The fourth-order valence-electron chi connectivity index (χ4n) is 2.80. The van der Waals surface area contributed by atoms with Crippen LogP contribution in [0.15, 0.2) is 40.9 Å². The molecule has 0 saturated heterocycles. The number of hydrogen-bond acceptors (Lipinski definition) is 2. The van der Waals surface area contributed by atoms with Gasteiger partial charge in [-0.25, -0.2) is 0 Å². The van der Waals surface area contributed by atoms with Crippen LogP contribution >= 0.6 is 15.9 Å². The zero-order valence-corrected chi connectivity index (χ0v) is 16.6. The molecule has 2 rings (SSSR count). The molecule has 132 valence electrons. The zero-order chi connectivity index (χ0) is 17.2. The SMILES string of the molecule is CC(C)NCCCCCCCCOc1ccc2cc(Br)ccc2c1. The van der Waals surface area contributed by atoms with E-state index in [0.717, 1.165) is 29.8 Å². The molecule has 0 aromatic heterocycles. The first-order chi connectivity index (χ1) is 11.6. The Kier molecular flexibility index (Phi) is 8.62. The lowest BCUT2D eigenvalue weighted by molar-refractivity contribution is 0.304. The molecule has 0 unspecified atom stereocenters. The van der Waals surface area contributed by atoms with Crippen LogP contribution in [0.4, 0.5) is 0 Å². The molecule has 0 spiro atoms. The minimum absolute atomic E-state index is 0.610. The highest BCUT2D eigenvalue weighted by molar-refractivity contribution is 9.10. The van der Waals surface area contributed by atoms with Crippen molar-refractivity contribution < 1.29 is 4.74 Å². The van der Waals surface area contributed by atoms with Gasteiger partial charge in [0.2, 0.25) is 0 Å². The van der Waals surface area contributed by atoms with Crippen molar-refractivity contribution in [3.05, 3.63) is 40.9 Å². The molecule has 0 heterocycles. The van der Waals surface area contributed by atoms with Gasteiger partial charge in [-0.05, 0) is 54.4 Å². The maximum Gasteiger partial charge on any atom is 0.119 e. The highest BCUT2D eigenvalue weighted by Gasteiger charge is 1.99. The normalized spacial score (nSPS) is 11.3. The van der Waals surface area contributed by atoms with Crippen molar-refractivity contribution in [3.8, 4) is 5.75 Å². The van der Waals surface area contributed by atoms with Crippen LogP contribution in [0.5, 0.6) is 5.75 Å². The number of rotatable bonds is 11. The molecular formula is C21H30BrNO. The van der Waals surface area contributed by atoms with E-state index >= 15 is 0 Å². The predicted octanol–water partition coefficient (Wildman–Crippen LogP) is 6.32. The van der Waals surface area contributed by atoms with E-state index in [4.69, 9.17) is 4.74 Å². The molecular weight excluding hydrogens is 362 g/mol. The van der Waals surface area contributed by atoms with Crippen molar-refractivity contribution >= 4 is 26.7 Å². The summed E-state index contributed by atoms with van der Waals surface area (Å²) in [6.45, 7) is 6.37. The molecule has 2 aromatic carbocycles. The van der Waals surface area contributed by atoms with Crippen LogP contribution in [0.3, 0.4) is 0 Å². The van der Waals surface area contributed by atoms with Gasteiger partial charge in [-0.3, -0.25) is 0 Å². The van der Waals surface area contributed by atoms with Gasteiger partial charge in [0.1, 0.15) is 5.75 Å². The number of ether oxygens (including phenoxy) is 1. The average molecular weight is 392 g/mol. The van der Waals surface area contributed by atoms with E-state index in [1.54, 1.807) is 0 Å². The molecule has 0 amide bonds. The van der Waals surface area contributed by atoms with E-state index in [9.17, 15) is 0 Å². The first kappa shape index (κ1) is 19.3. The number of nitrogens with one attached hydrogen (secondary N) is 1. The summed E-state index contributed by atoms with van der Waals surface area (Å²) < 4.78 is 7.01. The zero-order valence-electron chi connectivity index (χ0n) is 15.0. The standard InChI is InChI=1S/C21H30BrNO/c1-17(2)23-13-7-5-3-4-6-8-14-24-21-12-10-18-15-20(22)11-9-19(18)16-21/h9-12,15-17,23H,3-8,13-14H2,1-2H3. The minimum Gasteiger partial charge on any atom is -0.494 e. The van der Waals surface area contributed by atoms with Crippen LogP contribution in [0.25, 0.3) is 10.8 Å². The van der Waals surface area contributed by atoms with E-state index in [1.165, 1.54) is 42.9 Å². The third-order valence-electron chi connectivity index (χ3n) is 4.17. The summed E-state index contributed by atoms with van der Waals surface area (Å²) in [6.07, 6.45) is 7.69. The molecule has 0 aliphatic carbocycles. The summed E-state index contributed by atoms with van der Waals surface area (Å²) >= 11 is 3.51. The molecule has 0 aliphatic heterocycles. The molecule has 0 fully saturated rings. The van der Waals surface area contributed by atoms with Crippen LogP contribution in [0.1, 0.15) is 52.4 Å². The minimum atomic E-state index is 0.610. The lowest BCUT2D eigenvalue weighted by atomic mass is 10.1. The van der Waals surface area contributed by atoms with Crippen molar-refractivity contribution in [2.24, 2.45) is 0 Å². The van der Waals surface area contributed by atoms with Gasteiger partial charge in [-0.2, -0.15) is 0 Å². The Hall–Kier alpha value is -1.06. The van der Waals surface area contributed by atoms with Gasteiger partial charge in [0.15, 0.2) is 0 Å². The fourth-order valence-corrected chi connectivity index (χ4v) is 3.18. The van der Waals surface area contributed by atoms with Crippen LogP contribution < -0.4 is 10.1 Å². The Morgan fingerprint density at radius 3 is 2.33 bits per heavy atom. The van der Waals surface area contributed by atoms with Gasteiger partial charge in [0.25, 0.3) is 0 Å². The van der Waals surface area contributed by atoms with Crippen molar-refractivity contribution in [1.29, 1.82) is 0 Å². The van der Waals surface area contributed by atoms with E-state index in [0.29, 0.717) is 6.04 Å².